The number of primary amides is 1. The first kappa shape index (κ1) is 26.6. The number of amides is 1. The van der Waals surface area contributed by atoms with Gasteiger partial charge >= 0.3 is 5.97 Å². The monoisotopic (exact) mass is 514 g/mol. The molecule has 0 heterocycles. The van der Waals surface area contributed by atoms with E-state index in [9.17, 15) is 39.0 Å². The Labute approximate surface area is 212 Å². The van der Waals surface area contributed by atoms with E-state index < -0.39 is 82.3 Å². The highest BCUT2D eigenvalue weighted by atomic mass is 16.5. The maximum Gasteiger partial charge on any atom is 0.306 e. The van der Waals surface area contributed by atoms with Crippen molar-refractivity contribution in [3.05, 3.63) is 29.3 Å². The summed E-state index contributed by atoms with van der Waals surface area (Å²) >= 11 is 0. The van der Waals surface area contributed by atoms with Crippen LogP contribution in [-0.2, 0) is 28.7 Å². The summed E-state index contributed by atoms with van der Waals surface area (Å²) < 4.78 is 5.81. The number of fused-ring (bicyclic) bond motifs is 3. The second-order valence-electron chi connectivity index (χ2n) is 10.3. The normalized spacial score (nSPS) is 35.0. The molecule has 0 saturated heterocycles. The van der Waals surface area contributed by atoms with Gasteiger partial charge in [0.05, 0.1) is 23.4 Å². The zero-order valence-electron chi connectivity index (χ0n) is 21.0. The van der Waals surface area contributed by atoms with Gasteiger partial charge in [0, 0.05) is 12.3 Å². The number of ketones is 4. The second kappa shape index (κ2) is 9.14. The molecular weight excluding hydrogens is 484 g/mol. The van der Waals surface area contributed by atoms with Gasteiger partial charge in [-0.3, -0.25) is 33.7 Å². The third-order valence-electron chi connectivity index (χ3n) is 8.05. The Morgan fingerprint density at radius 3 is 2.35 bits per heavy atom. The van der Waals surface area contributed by atoms with Crippen LogP contribution in [-0.4, -0.2) is 82.0 Å². The Morgan fingerprint density at radius 1 is 1.14 bits per heavy atom. The molecule has 2 saturated carbocycles. The molecule has 8 atom stereocenters. The van der Waals surface area contributed by atoms with Crippen molar-refractivity contribution in [2.75, 3.05) is 14.1 Å². The summed E-state index contributed by atoms with van der Waals surface area (Å²) in [4.78, 5) is 80.9. The molecule has 3 aliphatic rings. The topological polar surface area (TPSA) is 181 Å². The number of hydrogen-bond acceptors (Lipinski definition) is 10. The molecule has 1 aromatic carbocycles. The van der Waals surface area contributed by atoms with Crippen LogP contribution in [0.15, 0.2) is 18.2 Å². The van der Waals surface area contributed by atoms with Gasteiger partial charge in [-0.2, -0.15) is 0 Å². The molecule has 0 bridgehead atoms. The molecule has 0 radical (unpaired) electrons. The number of esters is 1. The Kier molecular flexibility index (Phi) is 6.58. The highest BCUT2D eigenvalue weighted by Gasteiger charge is 2.74. The predicted octanol–water partition coefficient (Wildman–Crippen LogP) is -0.250. The Bertz CT molecular complexity index is 1220. The van der Waals surface area contributed by atoms with Crippen LogP contribution in [0.3, 0.4) is 0 Å². The largest absolute Gasteiger partial charge is 0.507 e. The molecular formula is C26H30N2O9. The van der Waals surface area contributed by atoms with Gasteiger partial charge in [0.1, 0.15) is 11.9 Å². The van der Waals surface area contributed by atoms with Crippen LogP contribution >= 0.6 is 0 Å². The van der Waals surface area contributed by atoms with Crippen molar-refractivity contribution in [3.63, 3.8) is 0 Å². The number of Topliss-reactive ketones (excluding diaryl/α,β-unsaturated/α-hetero) is 4. The fraction of sp³-hybridized carbons (Fsp3) is 0.538. The highest BCUT2D eigenvalue weighted by molar-refractivity contribution is 6.32. The molecule has 1 amide bonds. The third-order valence-corrected chi connectivity index (χ3v) is 8.05. The van der Waals surface area contributed by atoms with Gasteiger partial charge in [-0.15, -0.1) is 0 Å². The number of hydrogen-bond donors (Lipinski definition) is 3. The van der Waals surface area contributed by atoms with Crippen molar-refractivity contribution in [1.82, 2.24) is 4.90 Å². The number of carbonyl (C=O) groups excluding carboxylic acids is 6. The molecule has 1 aromatic rings. The Balaban J connectivity index is 2.01. The number of benzene rings is 1. The van der Waals surface area contributed by atoms with E-state index in [0.717, 1.165) is 0 Å². The smallest absolute Gasteiger partial charge is 0.306 e. The van der Waals surface area contributed by atoms with Crippen molar-refractivity contribution in [2.45, 2.75) is 50.4 Å². The number of ether oxygens (including phenoxy) is 1. The molecule has 11 heteroatoms. The van der Waals surface area contributed by atoms with Crippen molar-refractivity contribution in [1.29, 1.82) is 0 Å². The molecule has 0 aliphatic heterocycles. The van der Waals surface area contributed by atoms with Gasteiger partial charge in [-0.05, 0) is 38.1 Å². The van der Waals surface area contributed by atoms with Crippen molar-refractivity contribution in [2.24, 2.45) is 29.4 Å². The molecule has 0 spiro atoms. The Morgan fingerprint density at radius 2 is 1.78 bits per heavy atom. The molecule has 4 rings (SSSR count). The number of rotatable bonds is 5. The molecule has 198 valence electrons. The number of nitrogens with two attached hydrogens (primary N) is 1. The van der Waals surface area contributed by atoms with E-state index in [1.165, 1.54) is 31.1 Å². The lowest BCUT2D eigenvalue weighted by molar-refractivity contribution is -0.205. The van der Waals surface area contributed by atoms with Crippen molar-refractivity contribution < 1.29 is 43.7 Å². The van der Waals surface area contributed by atoms with E-state index in [-0.39, 0.29) is 17.7 Å². The maximum atomic E-state index is 14.0. The van der Waals surface area contributed by atoms with Gasteiger partial charge in [0.25, 0.3) is 0 Å². The number of aliphatic hydroxyl groups is 1. The van der Waals surface area contributed by atoms with E-state index >= 15 is 0 Å². The maximum absolute atomic E-state index is 14.0. The van der Waals surface area contributed by atoms with Gasteiger partial charge in [-0.25, -0.2) is 0 Å². The quantitative estimate of drug-likeness (QED) is 0.350. The first-order valence-electron chi connectivity index (χ1n) is 12.2. The van der Waals surface area contributed by atoms with E-state index in [1.807, 2.05) is 0 Å². The van der Waals surface area contributed by atoms with Crippen LogP contribution in [0.4, 0.5) is 0 Å². The zero-order valence-corrected chi connectivity index (χ0v) is 21.0. The van der Waals surface area contributed by atoms with E-state index in [1.54, 1.807) is 19.9 Å². The number of carbonyl (C=O) groups is 6. The summed E-state index contributed by atoms with van der Waals surface area (Å²) in [6, 6.07) is 3.01. The summed E-state index contributed by atoms with van der Waals surface area (Å²) in [5.41, 5.74) is 2.62. The minimum absolute atomic E-state index is 0.0227. The lowest BCUT2D eigenvalue weighted by Crippen LogP contribution is -2.78. The summed E-state index contributed by atoms with van der Waals surface area (Å²) in [5.74, 6) is -13.9. The summed E-state index contributed by atoms with van der Waals surface area (Å²) in [6.45, 7) is 3.42. The minimum Gasteiger partial charge on any atom is -0.507 e. The molecule has 11 nitrogen and oxygen atoms in total. The molecule has 2 fully saturated rings. The van der Waals surface area contributed by atoms with Crippen LogP contribution in [0.5, 0.6) is 5.75 Å². The lowest BCUT2D eigenvalue weighted by atomic mass is 9.49. The first-order chi connectivity index (χ1) is 17.3. The molecule has 0 aromatic heterocycles. The Hall–Kier alpha value is -3.44. The lowest BCUT2D eigenvalue weighted by Gasteiger charge is -2.56. The van der Waals surface area contributed by atoms with Crippen LogP contribution in [0, 0.1) is 23.7 Å². The van der Waals surface area contributed by atoms with Crippen LogP contribution in [0.25, 0.3) is 0 Å². The van der Waals surface area contributed by atoms with E-state index in [0.29, 0.717) is 12.0 Å². The molecule has 4 N–H and O–H groups in total. The van der Waals surface area contributed by atoms with Gasteiger partial charge < -0.3 is 20.7 Å². The van der Waals surface area contributed by atoms with Crippen LogP contribution in [0.2, 0.25) is 0 Å². The second-order valence-corrected chi connectivity index (χ2v) is 10.3. The average Bonchev–Trinajstić information content (AvgIpc) is 2.80. The fourth-order valence-corrected chi connectivity index (χ4v) is 6.48. The standard InChI is InChI=1S/C26H30N2O9/c1-5-7-13(30)37-22-14-10(2)11-8-6-9-12(29)15(11)20(31)16(14)23(33)26(36)18(22)19(28(3)4)21(32)17(24(26)34)25(27)35/h6,8-10,14,16-19,22,29,36H,5,7H2,1-4H3,(H2,27,35). The fourth-order valence-electron chi connectivity index (χ4n) is 6.48. The van der Waals surface area contributed by atoms with Gasteiger partial charge in [0.15, 0.2) is 34.7 Å². The van der Waals surface area contributed by atoms with Crippen LogP contribution < -0.4 is 5.73 Å². The van der Waals surface area contributed by atoms with Gasteiger partial charge in [0.2, 0.25) is 5.91 Å². The number of phenols is 1. The summed E-state index contributed by atoms with van der Waals surface area (Å²) in [7, 11) is 2.92. The summed E-state index contributed by atoms with van der Waals surface area (Å²) in [6.07, 6.45) is -1.03. The number of nitrogens with zero attached hydrogens (tertiary/aromatic N) is 1. The number of phenolic OH excluding ortho intramolecular Hbond substituents is 1. The van der Waals surface area contributed by atoms with E-state index in [4.69, 9.17) is 10.5 Å². The van der Waals surface area contributed by atoms with Crippen LogP contribution in [0.1, 0.15) is 48.5 Å². The summed E-state index contributed by atoms with van der Waals surface area (Å²) in [5, 5.41) is 22.3. The number of likely N-dealkylation sites (N-methyl/N-ethyl adjacent to an activating group) is 1. The SMILES string of the molecule is CCCC(=O)OC1C2C(C(=O)c3c(O)cccc3C2C)C(=O)C2(O)C(=O)C(C(N)=O)C(=O)C(N(C)C)C12. The molecule has 8 unspecified atom stereocenters. The molecule has 37 heavy (non-hydrogen) atoms. The first-order valence-corrected chi connectivity index (χ1v) is 12.2. The minimum atomic E-state index is -3.02. The third kappa shape index (κ3) is 3.63. The zero-order chi connectivity index (χ0) is 27.6. The van der Waals surface area contributed by atoms with Gasteiger partial charge in [-0.1, -0.05) is 26.0 Å². The highest BCUT2D eigenvalue weighted by Crippen LogP contribution is 2.55. The average molecular weight is 515 g/mol. The van der Waals surface area contributed by atoms with Crippen molar-refractivity contribution in [3.8, 4) is 5.75 Å². The van der Waals surface area contributed by atoms with E-state index in [2.05, 4.69) is 0 Å². The predicted molar refractivity (Wildman–Crippen MR) is 126 cm³/mol. The molecule has 3 aliphatic carbocycles. The number of aromatic hydroxyl groups is 1. The van der Waals surface area contributed by atoms with Crippen molar-refractivity contribution >= 4 is 35.0 Å².